The van der Waals surface area contributed by atoms with Crippen molar-refractivity contribution >= 4 is 23.2 Å². The molecule has 1 N–H and O–H groups in total. The van der Waals surface area contributed by atoms with Gasteiger partial charge in [-0.25, -0.2) is 0 Å². The standard InChI is InChI=1S/C18H20ClNO2/c1-4-17(22-14-10-12(2)9-13(3)11-14)18(21)20-16-8-6-5-7-15(16)19/h5-11,17H,4H2,1-3H3,(H,20,21). The van der Waals surface area contributed by atoms with Gasteiger partial charge in [0, 0.05) is 0 Å². The van der Waals surface area contributed by atoms with Crippen LogP contribution in [0.25, 0.3) is 0 Å². The van der Waals surface area contributed by atoms with Crippen molar-refractivity contribution in [3.63, 3.8) is 0 Å². The average molecular weight is 318 g/mol. The first kappa shape index (κ1) is 16.4. The summed E-state index contributed by atoms with van der Waals surface area (Å²) in [5.41, 5.74) is 2.81. The molecule has 0 bridgehead atoms. The zero-order valence-corrected chi connectivity index (χ0v) is 13.8. The van der Waals surface area contributed by atoms with Crippen LogP contribution in [0.2, 0.25) is 5.02 Å². The van der Waals surface area contributed by atoms with Crippen LogP contribution in [-0.2, 0) is 4.79 Å². The number of para-hydroxylation sites is 1. The number of rotatable bonds is 5. The third kappa shape index (κ3) is 4.25. The third-order valence-corrected chi connectivity index (χ3v) is 3.60. The molecule has 0 saturated heterocycles. The smallest absolute Gasteiger partial charge is 0.265 e. The second kappa shape index (κ2) is 7.32. The van der Waals surface area contributed by atoms with Gasteiger partial charge in [-0.2, -0.15) is 0 Å². The summed E-state index contributed by atoms with van der Waals surface area (Å²) in [6, 6.07) is 13.1. The SMILES string of the molecule is CCC(Oc1cc(C)cc(C)c1)C(=O)Nc1ccccc1Cl. The summed E-state index contributed by atoms with van der Waals surface area (Å²) in [5.74, 6) is 0.508. The van der Waals surface area contributed by atoms with E-state index in [0.29, 0.717) is 22.9 Å². The number of carbonyl (C=O) groups is 1. The molecule has 0 fully saturated rings. The van der Waals surface area contributed by atoms with Gasteiger partial charge in [0.05, 0.1) is 10.7 Å². The fourth-order valence-corrected chi connectivity index (χ4v) is 2.45. The second-order valence-corrected chi connectivity index (χ2v) is 5.71. The molecule has 1 atom stereocenters. The number of benzene rings is 2. The molecule has 3 nitrogen and oxygen atoms in total. The first-order valence-corrected chi connectivity index (χ1v) is 7.67. The molecule has 0 aliphatic carbocycles. The number of hydrogen-bond donors (Lipinski definition) is 1. The van der Waals surface area contributed by atoms with Gasteiger partial charge in [0.2, 0.25) is 0 Å². The molecule has 0 aliphatic heterocycles. The molecule has 4 heteroatoms. The highest BCUT2D eigenvalue weighted by molar-refractivity contribution is 6.33. The van der Waals surface area contributed by atoms with E-state index >= 15 is 0 Å². The lowest BCUT2D eigenvalue weighted by Crippen LogP contribution is -2.32. The number of carbonyl (C=O) groups excluding carboxylic acids is 1. The van der Waals surface area contributed by atoms with Crippen molar-refractivity contribution < 1.29 is 9.53 Å². The molecular formula is C18H20ClNO2. The van der Waals surface area contributed by atoms with Crippen LogP contribution in [0.4, 0.5) is 5.69 Å². The monoisotopic (exact) mass is 317 g/mol. The second-order valence-electron chi connectivity index (χ2n) is 5.31. The maximum Gasteiger partial charge on any atom is 0.265 e. The molecule has 2 aromatic carbocycles. The number of halogens is 1. The maximum absolute atomic E-state index is 12.4. The summed E-state index contributed by atoms with van der Waals surface area (Å²) in [4.78, 5) is 12.4. The molecule has 1 amide bonds. The van der Waals surface area contributed by atoms with E-state index in [1.54, 1.807) is 12.1 Å². The third-order valence-electron chi connectivity index (χ3n) is 3.27. The summed E-state index contributed by atoms with van der Waals surface area (Å²) in [6.45, 7) is 5.93. The number of anilines is 1. The lowest BCUT2D eigenvalue weighted by molar-refractivity contribution is -0.122. The predicted molar refractivity (Wildman–Crippen MR) is 90.7 cm³/mol. The topological polar surface area (TPSA) is 38.3 Å². The number of aryl methyl sites for hydroxylation is 2. The van der Waals surface area contributed by atoms with E-state index in [0.717, 1.165) is 11.1 Å². The zero-order chi connectivity index (χ0) is 16.1. The Hall–Kier alpha value is -2.00. The van der Waals surface area contributed by atoms with E-state index in [4.69, 9.17) is 16.3 Å². The van der Waals surface area contributed by atoms with Crippen LogP contribution in [-0.4, -0.2) is 12.0 Å². The molecule has 2 aromatic rings. The van der Waals surface area contributed by atoms with Crippen molar-refractivity contribution in [3.8, 4) is 5.75 Å². The lowest BCUT2D eigenvalue weighted by Gasteiger charge is -2.18. The van der Waals surface area contributed by atoms with E-state index in [1.165, 1.54) is 0 Å². The first-order valence-electron chi connectivity index (χ1n) is 7.30. The van der Waals surface area contributed by atoms with Gasteiger partial charge in [-0.15, -0.1) is 0 Å². The number of nitrogens with one attached hydrogen (secondary N) is 1. The highest BCUT2D eigenvalue weighted by Crippen LogP contribution is 2.22. The molecule has 0 heterocycles. The minimum atomic E-state index is -0.558. The summed E-state index contributed by atoms with van der Waals surface area (Å²) in [6.07, 6.45) is 0.0148. The van der Waals surface area contributed by atoms with Gasteiger partial charge in [0.25, 0.3) is 5.91 Å². The van der Waals surface area contributed by atoms with E-state index in [1.807, 2.05) is 45.0 Å². The van der Waals surface area contributed by atoms with Crippen molar-refractivity contribution in [2.24, 2.45) is 0 Å². The van der Waals surface area contributed by atoms with Crippen LogP contribution in [0.15, 0.2) is 42.5 Å². The van der Waals surface area contributed by atoms with Crippen molar-refractivity contribution in [3.05, 3.63) is 58.6 Å². The molecule has 22 heavy (non-hydrogen) atoms. The highest BCUT2D eigenvalue weighted by Gasteiger charge is 2.19. The molecule has 116 valence electrons. The van der Waals surface area contributed by atoms with Gasteiger partial charge in [-0.3, -0.25) is 4.79 Å². The van der Waals surface area contributed by atoms with Gasteiger partial charge in [0.15, 0.2) is 6.10 Å². The zero-order valence-electron chi connectivity index (χ0n) is 13.0. The summed E-state index contributed by atoms with van der Waals surface area (Å²) >= 11 is 6.06. The molecule has 0 aliphatic rings. The Balaban J connectivity index is 2.10. The normalized spacial score (nSPS) is 11.8. The predicted octanol–water partition coefficient (Wildman–Crippen LogP) is 4.75. The van der Waals surface area contributed by atoms with Crippen LogP contribution in [0.3, 0.4) is 0 Å². The van der Waals surface area contributed by atoms with Crippen molar-refractivity contribution in [1.29, 1.82) is 0 Å². The van der Waals surface area contributed by atoms with Gasteiger partial charge in [0.1, 0.15) is 5.75 Å². The van der Waals surface area contributed by atoms with E-state index in [2.05, 4.69) is 11.4 Å². The van der Waals surface area contributed by atoms with Gasteiger partial charge >= 0.3 is 0 Å². The van der Waals surface area contributed by atoms with Crippen LogP contribution >= 0.6 is 11.6 Å². The fourth-order valence-electron chi connectivity index (χ4n) is 2.26. The van der Waals surface area contributed by atoms with E-state index < -0.39 is 6.10 Å². The fraction of sp³-hybridized carbons (Fsp3) is 0.278. The maximum atomic E-state index is 12.4. The number of hydrogen-bond acceptors (Lipinski definition) is 2. The van der Waals surface area contributed by atoms with Gasteiger partial charge in [-0.1, -0.05) is 36.7 Å². The molecule has 0 spiro atoms. The van der Waals surface area contributed by atoms with Crippen molar-refractivity contribution in [2.45, 2.75) is 33.3 Å². The van der Waals surface area contributed by atoms with E-state index in [9.17, 15) is 4.79 Å². The Kier molecular flexibility index (Phi) is 5.45. The van der Waals surface area contributed by atoms with Crippen molar-refractivity contribution in [1.82, 2.24) is 0 Å². The van der Waals surface area contributed by atoms with Crippen LogP contribution < -0.4 is 10.1 Å². The molecule has 0 aromatic heterocycles. The minimum Gasteiger partial charge on any atom is -0.481 e. The summed E-state index contributed by atoms with van der Waals surface area (Å²) in [5, 5.41) is 3.33. The number of ether oxygens (including phenoxy) is 1. The average Bonchev–Trinajstić information content (AvgIpc) is 2.46. The highest BCUT2D eigenvalue weighted by atomic mass is 35.5. The Morgan fingerprint density at radius 3 is 2.41 bits per heavy atom. The van der Waals surface area contributed by atoms with Crippen LogP contribution in [0, 0.1) is 13.8 Å². The van der Waals surface area contributed by atoms with Crippen LogP contribution in [0.1, 0.15) is 24.5 Å². The molecular weight excluding hydrogens is 298 g/mol. The Labute approximate surface area is 136 Å². The van der Waals surface area contributed by atoms with Crippen LogP contribution in [0.5, 0.6) is 5.75 Å². The molecule has 0 radical (unpaired) electrons. The van der Waals surface area contributed by atoms with Crippen molar-refractivity contribution in [2.75, 3.05) is 5.32 Å². The minimum absolute atomic E-state index is 0.199. The first-order chi connectivity index (χ1) is 10.5. The quantitative estimate of drug-likeness (QED) is 0.864. The summed E-state index contributed by atoms with van der Waals surface area (Å²) in [7, 11) is 0. The Morgan fingerprint density at radius 1 is 1.18 bits per heavy atom. The van der Waals surface area contributed by atoms with Gasteiger partial charge in [-0.05, 0) is 55.7 Å². The lowest BCUT2D eigenvalue weighted by atomic mass is 10.1. The Bertz CT molecular complexity index is 650. The summed E-state index contributed by atoms with van der Waals surface area (Å²) < 4.78 is 5.84. The van der Waals surface area contributed by atoms with Gasteiger partial charge < -0.3 is 10.1 Å². The Morgan fingerprint density at radius 2 is 1.82 bits per heavy atom. The molecule has 0 saturated carbocycles. The molecule has 2 rings (SSSR count). The van der Waals surface area contributed by atoms with E-state index in [-0.39, 0.29) is 5.91 Å². The largest absolute Gasteiger partial charge is 0.481 e. The number of amides is 1. The molecule has 1 unspecified atom stereocenters.